The lowest BCUT2D eigenvalue weighted by Gasteiger charge is -2.32. The average molecular weight is 339 g/mol. The normalized spacial score (nSPS) is 26.5. The van der Waals surface area contributed by atoms with Gasteiger partial charge in [0.15, 0.2) is 5.17 Å². The van der Waals surface area contributed by atoms with Gasteiger partial charge in [0.2, 0.25) is 0 Å². The lowest BCUT2D eigenvalue weighted by atomic mass is 9.86. The van der Waals surface area contributed by atoms with Gasteiger partial charge in [-0.3, -0.25) is 4.99 Å². The van der Waals surface area contributed by atoms with Gasteiger partial charge in [-0.2, -0.15) is 0 Å². The van der Waals surface area contributed by atoms with E-state index in [1.807, 2.05) is 11.8 Å². The van der Waals surface area contributed by atoms with Crippen molar-refractivity contribution >= 4 is 38.5 Å². The van der Waals surface area contributed by atoms with Crippen molar-refractivity contribution < 1.29 is 0 Å². The van der Waals surface area contributed by atoms with Crippen molar-refractivity contribution in [2.45, 2.75) is 38.6 Å². The van der Waals surface area contributed by atoms with Crippen LogP contribution in [-0.2, 0) is 0 Å². The number of amidine groups is 1. The first kappa shape index (κ1) is 13.5. The first-order chi connectivity index (χ1) is 9.22. The monoisotopic (exact) mass is 338 g/mol. The van der Waals surface area contributed by atoms with E-state index in [0.717, 1.165) is 21.2 Å². The Balaban J connectivity index is 1.72. The number of fused-ring (bicyclic) bond motifs is 1. The summed E-state index contributed by atoms with van der Waals surface area (Å²) in [5, 5.41) is 4.56. The molecule has 1 aromatic rings. The molecule has 0 bridgehead atoms. The number of thioether (sulfide) groups is 1. The van der Waals surface area contributed by atoms with Crippen molar-refractivity contribution in [2.24, 2.45) is 10.9 Å². The Morgan fingerprint density at radius 1 is 1.32 bits per heavy atom. The van der Waals surface area contributed by atoms with Crippen LogP contribution in [0.2, 0.25) is 0 Å². The number of anilines is 1. The van der Waals surface area contributed by atoms with Crippen LogP contribution in [0.25, 0.3) is 0 Å². The molecule has 2 nitrogen and oxygen atoms in total. The summed E-state index contributed by atoms with van der Waals surface area (Å²) >= 11 is 5.46. The van der Waals surface area contributed by atoms with Crippen LogP contribution < -0.4 is 5.32 Å². The molecule has 0 radical (unpaired) electrons. The molecule has 1 heterocycles. The van der Waals surface area contributed by atoms with E-state index in [4.69, 9.17) is 4.99 Å². The Bertz CT molecular complexity index is 501. The number of hydrogen-bond acceptors (Lipinski definition) is 3. The Hall–Kier alpha value is -0.480. The number of aliphatic imine (C=N–C) groups is 1. The van der Waals surface area contributed by atoms with Crippen molar-refractivity contribution in [3.05, 3.63) is 28.2 Å². The summed E-state index contributed by atoms with van der Waals surface area (Å²) in [4.78, 5) is 4.90. The molecule has 1 fully saturated rings. The van der Waals surface area contributed by atoms with Crippen LogP contribution in [-0.4, -0.2) is 17.0 Å². The molecule has 2 unspecified atom stereocenters. The highest BCUT2D eigenvalue weighted by atomic mass is 79.9. The minimum Gasteiger partial charge on any atom is -0.335 e. The summed E-state index contributed by atoms with van der Waals surface area (Å²) in [5.74, 6) is 2.04. The van der Waals surface area contributed by atoms with E-state index in [-0.39, 0.29) is 0 Å². The first-order valence-corrected chi connectivity index (χ1v) is 8.74. The lowest BCUT2D eigenvalue weighted by molar-refractivity contribution is 0.336. The number of rotatable bonds is 1. The second-order valence-electron chi connectivity index (χ2n) is 5.45. The predicted molar refractivity (Wildman–Crippen MR) is 88.1 cm³/mol. The molecule has 0 aromatic heterocycles. The maximum Gasteiger partial charge on any atom is 0.161 e. The minimum absolute atomic E-state index is 0.561. The van der Waals surface area contributed by atoms with E-state index in [9.17, 15) is 0 Å². The largest absolute Gasteiger partial charge is 0.335 e. The molecular formula is C15H19BrN2S. The van der Waals surface area contributed by atoms with Crippen LogP contribution in [0.15, 0.2) is 27.7 Å². The lowest BCUT2D eigenvalue weighted by Crippen LogP contribution is -2.31. The van der Waals surface area contributed by atoms with Crippen LogP contribution in [0.1, 0.15) is 31.2 Å². The topological polar surface area (TPSA) is 24.4 Å². The van der Waals surface area contributed by atoms with E-state index in [1.165, 1.54) is 37.0 Å². The second-order valence-corrected chi connectivity index (χ2v) is 7.31. The van der Waals surface area contributed by atoms with Crippen LogP contribution >= 0.6 is 27.7 Å². The molecule has 1 saturated carbocycles. The van der Waals surface area contributed by atoms with E-state index in [1.54, 1.807) is 0 Å². The van der Waals surface area contributed by atoms with Crippen LogP contribution in [0.3, 0.4) is 0 Å². The molecule has 4 heteroatoms. The third kappa shape index (κ3) is 3.16. The van der Waals surface area contributed by atoms with Gasteiger partial charge in [0.05, 0.1) is 6.04 Å². The molecule has 0 spiro atoms. The van der Waals surface area contributed by atoms with Crippen molar-refractivity contribution in [3.63, 3.8) is 0 Å². The number of nitrogens with one attached hydrogen (secondary N) is 1. The molecule has 0 saturated heterocycles. The van der Waals surface area contributed by atoms with Gasteiger partial charge in [-0.25, -0.2) is 0 Å². The fraction of sp³-hybridized carbons (Fsp3) is 0.533. The highest BCUT2D eigenvalue weighted by molar-refractivity contribution is 9.10. The summed E-state index contributed by atoms with van der Waals surface area (Å²) < 4.78 is 1.15. The third-order valence-corrected chi connectivity index (χ3v) is 5.94. The van der Waals surface area contributed by atoms with Gasteiger partial charge >= 0.3 is 0 Å². The summed E-state index contributed by atoms with van der Waals surface area (Å²) in [5.41, 5.74) is 2.38. The van der Waals surface area contributed by atoms with Gasteiger partial charge in [0.1, 0.15) is 0 Å². The summed E-state index contributed by atoms with van der Waals surface area (Å²) in [6.45, 7) is 2.10. The summed E-state index contributed by atoms with van der Waals surface area (Å²) in [6, 6.07) is 6.94. The van der Waals surface area contributed by atoms with Crippen molar-refractivity contribution in [3.8, 4) is 0 Å². The van der Waals surface area contributed by atoms with E-state index < -0.39 is 0 Å². The number of aryl methyl sites for hydroxylation is 1. The van der Waals surface area contributed by atoms with E-state index >= 15 is 0 Å². The van der Waals surface area contributed by atoms with Crippen LogP contribution in [0.5, 0.6) is 0 Å². The van der Waals surface area contributed by atoms with Crippen LogP contribution in [0.4, 0.5) is 5.69 Å². The average Bonchev–Trinajstić information content (AvgIpc) is 2.43. The van der Waals surface area contributed by atoms with Crippen molar-refractivity contribution in [1.29, 1.82) is 0 Å². The Kier molecular flexibility index (Phi) is 4.18. The fourth-order valence-corrected chi connectivity index (χ4v) is 4.33. The van der Waals surface area contributed by atoms with Crippen molar-refractivity contribution in [2.75, 3.05) is 11.1 Å². The number of benzene rings is 1. The molecule has 19 heavy (non-hydrogen) atoms. The maximum atomic E-state index is 4.90. The van der Waals surface area contributed by atoms with Gasteiger partial charge < -0.3 is 5.32 Å². The molecule has 102 valence electrons. The first-order valence-electron chi connectivity index (χ1n) is 6.96. The zero-order valence-corrected chi connectivity index (χ0v) is 13.6. The standard InChI is InChI=1S/C15H19BrN2S/c1-10-6-7-12(8-13(10)16)17-15-18-14-5-3-2-4-11(14)9-19-15/h6-8,11,14H,2-5,9H2,1H3,(H,17,18). The Morgan fingerprint density at radius 2 is 2.16 bits per heavy atom. The number of halogens is 1. The molecule has 3 rings (SSSR count). The predicted octanol–water partition coefficient (Wildman–Crippen LogP) is 4.83. The fourth-order valence-electron chi connectivity index (χ4n) is 2.79. The van der Waals surface area contributed by atoms with E-state index in [2.05, 4.69) is 46.4 Å². The molecule has 1 aromatic carbocycles. The van der Waals surface area contributed by atoms with Gasteiger partial charge in [-0.05, 0) is 43.4 Å². The molecule has 1 aliphatic heterocycles. The molecule has 1 aliphatic carbocycles. The van der Waals surface area contributed by atoms with E-state index in [0.29, 0.717) is 6.04 Å². The molecule has 2 aliphatic rings. The van der Waals surface area contributed by atoms with Crippen LogP contribution in [0, 0.1) is 12.8 Å². The number of hydrogen-bond donors (Lipinski definition) is 1. The third-order valence-electron chi connectivity index (χ3n) is 4.01. The maximum absolute atomic E-state index is 4.90. The number of nitrogens with zero attached hydrogens (tertiary/aromatic N) is 1. The molecule has 0 amide bonds. The summed E-state index contributed by atoms with van der Waals surface area (Å²) in [6.07, 6.45) is 5.38. The Morgan fingerprint density at radius 3 is 3.00 bits per heavy atom. The molecular weight excluding hydrogens is 320 g/mol. The summed E-state index contributed by atoms with van der Waals surface area (Å²) in [7, 11) is 0. The zero-order valence-electron chi connectivity index (χ0n) is 11.2. The minimum atomic E-state index is 0.561. The Labute approximate surface area is 127 Å². The quantitative estimate of drug-likeness (QED) is 0.792. The van der Waals surface area contributed by atoms with Gasteiger partial charge in [-0.1, -0.05) is 46.6 Å². The SMILES string of the molecule is Cc1ccc(NC2=NC3CCCCC3CS2)cc1Br. The second kappa shape index (κ2) is 5.88. The van der Waals surface area contributed by atoms with Gasteiger partial charge in [-0.15, -0.1) is 0 Å². The molecule has 2 atom stereocenters. The molecule has 1 N–H and O–H groups in total. The van der Waals surface area contributed by atoms with Gasteiger partial charge in [0.25, 0.3) is 0 Å². The smallest absolute Gasteiger partial charge is 0.161 e. The van der Waals surface area contributed by atoms with Gasteiger partial charge in [0, 0.05) is 15.9 Å². The zero-order chi connectivity index (χ0) is 13.2. The van der Waals surface area contributed by atoms with Crippen molar-refractivity contribution in [1.82, 2.24) is 0 Å². The highest BCUT2D eigenvalue weighted by Crippen LogP contribution is 2.34. The highest BCUT2D eigenvalue weighted by Gasteiger charge is 2.29.